The van der Waals surface area contributed by atoms with E-state index in [1.165, 1.54) is 12.1 Å². The Hall–Kier alpha value is -2.95. The first-order valence-corrected chi connectivity index (χ1v) is 6.00. The molecule has 2 aromatic carbocycles. The summed E-state index contributed by atoms with van der Waals surface area (Å²) in [7, 11) is 0. The maximum atomic E-state index is 9.81. The third kappa shape index (κ3) is 2.16. The van der Waals surface area contributed by atoms with Crippen molar-refractivity contribution < 1.29 is 15.3 Å². The number of aromatic amines is 1. The SMILES string of the molecule is Oc1ccc(-c2cc(-c3ccc(O)cc3O)n[nH]2)cc1. The summed E-state index contributed by atoms with van der Waals surface area (Å²) in [6.07, 6.45) is 0. The van der Waals surface area contributed by atoms with Crippen molar-refractivity contribution in [2.45, 2.75) is 0 Å². The summed E-state index contributed by atoms with van der Waals surface area (Å²) < 4.78 is 0. The molecule has 0 saturated carbocycles. The quantitative estimate of drug-likeness (QED) is 0.575. The van der Waals surface area contributed by atoms with Crippen molar-refractivity contribution in [1.82, 2.24) is 10.2 Å². The Morgan fingerprint density at radius 2 is 1.50 bits per heavy atom. The van der Waals surface area contributed by atoms with Gasteiger partial charge in [0.15, 0.2) is 0 Å². The lowest BCUT2D eigenvalue weighted by Gasteiger charge is -2.01. The maximum Gasteiger partial charge on any atom is 0.128 e. The van der Waals surface area contributed by atoms with Gasteiger partial charge in [0.05, 0.1) is 11.4 Å². The summed E-state index contributed by atoms with van der Waals surface area (Å²) in [5.74, 6) is 0.166. The summed E-state index contributed by atoms with van der Waals surface area (Å²) in [6, 6.07) is 12.9. The molecule has 100 valence electrons. The van der Waals surface area contributed by atoms with Gasteiger partial charge in [-0.05, 0) is 48.0 Å². The summed E-state index contributed by atoms with van der Waals surface area (Å²) in [5, 5.41) is 35.4. The van der Waals surface area contributed by atoms with Crippen LogP contribution in [-0.2, 0) is 0 Å². The zero-order valence-corrected chi connectivity index (χ0v) is 10.4. The normalized spacial score (nSPS) is 10.6. The molecule has 3 aromatic rings. The maximum absolute atomic E-state index is 9.81. The van der Waals surface area contributed by atoms with Gasteiger partial charge in [0.25, 0.3) is 0 Å². The fourth-order valence-corrected chi connectivity index (χ4v) is 1.99. The predicted molar refractivity (Wildman–Crippen MR) is 74.5 cm³/mol. The van der Waals surface area contributed by atoms with Crippen LogP contribution in [0.15, 0.2) is 48.5 Å². The van der Waals surface area contributed by atoms with Crippen LogP contribution in [0.1, 0.15) is 0 Å². The molecular formula is C15H12N2O3. The average Bonchev–Trinajstić information content (AvgIpc) is 2.89. The Bertz CT molecular complexity index is 748. The van der Waals surface area contributed by atoms with E-state index in [1.54, 1.807) is 36.4 Å². The van der Waals surface area contributed by atoms with Gasteiger partial charge in [-0.15, -0.1) is 0 Å². The van der Waals surface area contributed by atoms with Gasteiger partial charge >= 0.3 is 0 Å². The minimum absolute atomic E-state index is 0.000503. The summed E-state index contributed by atoms with van der Waals surface area (Å²) in [4.78, 5) is 0. The lowest BCUT2D eigenvalue weighted by atomic mass is 10.1. The number of H-pyrrole nitrogens is 1. The Morgan fingerprint density at radius 1 is 0.800 bits per heavy atom. The van der Waals surface area contributed by atoms with Crippen LogP contribution in [0, 0.1) is 0 Å². The van der Waals surface area contributed by atoms with E-state index in [9.17, 15) is 15.3 Å². The van der Waals surface area contributed by atoms with Crippen molar-refractivity contribution in [3.63, 3.8) is 0 Å². The monoisotopic (exact) mass is 268 g/mol. The number of aromatic hydroxyl groups is 3. The van der Waals surface area contributed by atoms with Crippen LogP contribution in [-0.4, -0.2) is 25.5 Å². The lowest BCUT2D eigenvalue weighted by molar-refractivity contribution is 0.451. The number of aromatic nitrogens is 2. The third-order valence-electron chi connectivity index (χ3n) is 3.01. The van der Waals surface area contributed by atoms with E-state index in [-0.39, 0.29) is 17.2 Å². The average molecular weight is 268 g/mol. The van der Waals surface area contributed by atoms with E-state index < -0.39 is 0 Å². The molecule has 20 heavy (non-hydrogen) atoms. The molecule has 0 aliphatic carbocycles. The topological polar surface area (TPSA) is 89.4 Å². The lowest BCUT2D eigenvalue weighted by Crippen LogP contribution is -1.79. The molecule has 0 fully saturated rings. The van der Waals surface area contributed by atoms with Crippen molar-refractivity contribution in [2.24, 2.45) is 0 Å². The second-order valence-electron chi connectivity index (χ2n) is 4.42. The zero-order valence-electron chi connectivity index (χ0n) is 10.4. The second kappa shape index (κ2) is 4.62. The number of nitrogens with zero attached hydrogens (tertiary/aromatic N) is 1. The van der Waals surface area contributed by atoms with Gasteiger partial charge in [-0.2, -0.15) is 5.10 Å². The number of hydrogen-bond donors (Lipinski definition) is 4. The predicted octanol–water partition coefficient (Wildman–Crippen LogP) is 2.86. The molecule has 0 unspecified atom stereocenters. The van der Waals surface area contributed by atoms with Crippen molar-refractivity contribution in [3.8, 4) is 39.8 Å². The largest absolute Gasteiger partial charge is 0.508 e. The number of phenols is 3. The van der Waals surface area contributed by atoms with Crippen LogP contribution in [0.5, 0.6) is 17.2 Å². The smallest absolute Gasteiger partial charge is 0.128 e. The number of phenolic OH excluding ortho intramolecular Hbond substituents is 3. The van der Waals surface area contributed by atoms with Gasteiger partial charge in [0.1, 0.15) is 17.2 Å². The van der Waals surface area contributed by atoms with Crippen molar-refractivity contribution >= 4 is 0 Å². The highest BCUT2D eigenvalue weighted by atomic mass is 16.3. The third-order valence-corrected chi connectivity index (χ3v) is 3.01. The standard InChI is InChI=1S/C15H12N2O3/c18-10-3-1-9(2-4-10)13-8-14(17-16-13)12-6-5-11(19)7-15(12)20/h1-8,18-20H,(H,16,17). The Balaban J connectivity index is 1.99. The first-order valence-electron chi connectivity index (χ1n) is 6.00. The molecule has 1 aromatic heterocycles. The molecule has 4 N–H and O–H groups in total. The zero-order chi connectivity index (χ0) is 14.1. The molecule has 3 rings (SSSR count). The highest BCUT2D eigenvalue weighted by Crippen LogP contribution is 2.32. The van der Waals surface area contributed by atoms with Crippen LogP contribution in [0.25, 0.3) is 22.5 Å². The Kier molecular flexibility index (Phi) is 2.80. The molecule has 0 atom stereocenters. The first-order chi connectivity index (χ1) is 9.63. The summed E-state index contributed by atoms with van der Waals surface area (Å²) in [6.45, 7) is 0. The molecule has 5 nitrogen and oxygen atoms in total. The summed E-state index contributed by atoms with van der Waals surface area (Å²) in [5.41, 5.74) is 2.75. The molecule has 5 heteroatoms. The van der Waals surface area contributed by atoms with E-state index in [1.807, 2.05) is 0 Å². The molecule has 0 amide bonds. The van der Waals surface area contributed by atoms with E-state index in [4.69, 9.17) is 0 Å². The highest BCUT2D eigenvalue weighted by Gasteiger charge is 2.10. The van der Waals surface area contributed by atoms with Crippen LogP contribution >= 0.6 is 0 Å². The molecule has 0 spiro atoms. The van der Waals surface area contributed by atoms with Crippen molar-refractivity contribution in [3.05, 3.63) is 48.5 Å². The van der Waals surface area contributed by atoms with Gasteiger partial charge in [0, 0.05) is 11.6 Å². The minimum atomic E-state index is -0.0336. The van der Waals surface area contributed by atoms with Crippen molar-refractivity contribution in [1.29, 1.82) is 0 Å². The summed E-state index contributed by atoms with van der Waals surface area (Å²) >= 11 is 0. The second-order valence-corrected chi connectivity index (χ2v) is 4.42. The van der Waals surface area contributed by atoms with Crippen LogP contribution < -0.4 is 0 Å². The minimum Gasteiger partial charge on any atom is -0.508 e. The van der Waals surface area contributed by atoms with Crippen LogP contribution in [0.4, 0.5) is 0 Å². The number of nitrogens with one attached hydrogen (secondary N) is 1. The van der Waals surface area contributed by atoms with Gasteiger partial charge < -0.3 is 15.3 Å². The van der Waals surface area contributed by atoms with Gasteiger partial charge in [-0.25, -0.2) is 0 Å². The van der Waals surface area contributed by atoms with Crippen LogP contribution in [0.2, 0.25) is 0 Å². The Morgan fingerprint density at radius 3 is 2.20 bits per heavy atom. The van der Waals surface area contributed by atoms with Crippen LogP contribution in [0.3, 0.4) is 0 Å². The van der Waals surface area contributed by atoms with Gasteiger partial charge in [-0.3, -0.25) is 5.10 Å². The highest BCUT2D eigenvalue weighted by molar-refractivity contribution is 5.72. The fraction of sp³-hybridized carbons (Fsp3) is 0. The molecule has 1 heterocycles. The van der Waals surface area contributed by atoms with E-state index in [0.29, 0.717) is 11.3 Å². The van der Waals surface area contributed by atoms with E-state index in [0.717, 1.165) is 11.3 Å². The molecular weight excluding hydrogens is 256 g/mol. The van der Waals surface area contributed by atoms with Gasteiger partial charge in [-0.1, -0.05) is 0 Å². The number of rotatable bonds is 2. The first kappa shape index (κ1) is 12.1. The van der Waals surface area contributed by atoms with Crippen molar-refractivity contribution in [2.75, 3.05) is 0 Å². The molecule has 0 aliphatic rings. The fourth-order valence-electron chi connectivity index (χ4n) is 1.99. The van der Waals surface area contributed by atoms with E-state index in [2.05, 4.69) is 10.2 Å². The molecule has 0 aliphatic heterocycles. The van der Waals surface area contributed by atoms with E-state index >= 15 is 0 Å². The number of hydrogen-bond acceptors (Lipinski definition) is 4. The Labute approximate surface area is 114 Å². The molecule has 0 radical (unpaired) electrons. The van der Waals surface area contributed by atoms with Gasteiger partial charge in [0.2, 0.25) is 0 Å². The molecule has 0 saturated heterocycles. The molecule has 0 bridgehead atoms. The number of benzene rings is 2.